The zero-order chi connectivity index (χ0) is 28.0. The Labute approximate surface area is 213 Å². The molecule has 0 aliphatic rings. The highest BCUT2D eigenvalue weighted by Crippen LogP contribution is 2.09. The molecule has 16 heteroatoms. The molecular formula is C21H32N8O7S. The number of hydrogen-bond acceptors (Lipinski definition) is 8. The van der Waals surface area contributed by atoms with Crippen molar-refractivity contribution in [1.82, 2.24) is 15.4 Å². The Morgan fingerprint density at radius 3 is 2.30 bits per heavy atom. The topological polar surface area (TPSA) is 273 Å². The second-order valence-corrected chi connectivity index (χ2v) is 9.70. The van der Waals surface area contributed by atoms with Gasteiger partial charge in [0.25, 0.3) is 0 Å². The maximum absolute atomic E-state index is 12.6. The first-order valence-electron chi connectivity index (χ1n) is 11.1. The monoisotopic (exact) mass is 540 g/mol. The number of sulfonamides is 1. The van der Waals surface area contributed by atoms with Gasteiger partial charge in [-0.3, -0.25) is 24.8 Å². The Morgan fingerprint density at radius 1 is 1.11 bits per heavy atom. The second kappa shape index (κ2) is 15.1. The van der Waals surface area contributed by atoms with Gasteiger partial charge in [0, 0.05) is 18.5 Å². The molecule has 2 atom stereocenters. The molecule has 1 rings (SSSR count). The standard InChI is InChI=1S/C21H32N8O7S/c22-19(23)14-5-3-13(4-6-14)12-37(35,36)29-16(7-8-18(32)33)20(34)27-10-17(31)28-15(11-30)2-1-9-26-21(24)25/h3-6,11,15-16,29H,1-2,7-10,12H2,(H3,22,23)(H,27,34)(H,28,31)(H,32,33)(H4,24,25,26). The van der Waals surface area contributed by atoms with Crippen molar-refractivity contribution in [2.45, 2.75) is 43.5 Å². The number of nitrogens with two attached hydrogens (primary N) is 3. The summed E-state index contributed by atoms with van der Waals surface area (Å²) in [6, 6.07) is 3.52. The van der Waals surface area contributed by atoms with Crippen molar-refractivity contribution in [3.8, 4) is 0 Å². The Morgan fingerprint density at radius 2 is 1.76 bits per heavy atom. The second-order valence-electron chi connectivity index (χ2n) is 7.95. The van der Waals surface area contributed by atoms with E-state index in [4.69, 9.17) is 27.7 Å². The number of nitrogen functional groups attached to an aromatic ring is 1. The van der Waals surface area contributed by atoms with Crippen molar-refractivity contribution in [1.29, 1.82) is 5.41 Å². The Balaban J connectivity index is 2.74. The summed E-state index contributed by atoms with van der Waals surface area (Å²) in [6.07, 6.45) is 0.289. The molecule has 0 aliphatic heterocycles. The van der Waals surface area contributed by atoms with Gasteiger partial charge in [-0.15, -0.1) is 0 Å². The highest BCUT2D eigenvalue weighted by atomic mass is 32.2. The summed E-state index contributed by atoms with van der Waals surface area (Å²) >= 11 is 0. The minimum absolute atomic E-state index is 0.103. The summed E-state index contributed by atoms with van der Waals surface area (Å²) in [5.41, 5.74) is 16.5. The fourth-order valence-electron chi connectivity index (χ4n) is 3.01. The van der Waals surface area contributed by atoms with Crippen LogP contribution in [-0.4, -0.2) is 74.6 Å². The average molecular weight is 541 g/mol. The van der Waals surface area contributed by atoms with Gasteiger partial charge >= 0.3 is 5.97 Å². The van der Waals surface area contributed by atoms with Crippen molar-refractivity contribution < 1.29 is 32.7 Å². The van der Waals surface area contributed by atoms with E-state index >= 15 is 0 Å². The van der Waals surface area contributed by atoms with E-state index < -0.39 is 58.6 Å². The number of aldehydes is 1. The smallest absolute Gasteiger partial charge is 0.303 e. The number of carbonyl (C=O) groups excluding carboxylic acids is 3. The third-order valence-corrected chi connectivity index (χ3v) is 6.17. The maximum atomic E-state index is 12.6. The molecule has 11 N–H and O–H groups in total. The fraction of sp³-hybridized carbons (Fsp3) is 0.429. The van der Waals surface area contributed by atoms with Crippen LogP contribution in [0, 0.1) is 5.41 Å². The number of guanidine groups is 1. The SMILES string of the molecule is N=C(N)c1ccc(CS(=O)(=O)NC(CCC(=O)O)C(=O)NCC(=O)NC(C=O)CCCN=C(N)N)cc1. The number of carboxylic acid groups (broad SMARTS) is 1. The zero-order valence-corrected chi connectivity index (χ0v) is 20.8. The van der Waals surface area contributed by atoms with E-state index in [9.17, 15) is 27.6 Å². The molecule has 0 heterocycles. The lowest BCUT2D eigenvalue weighted by atomic mass is 10.1. The fourth-order valence-corrected chi connectivity index (χ4v) is 4.38. The van der Waals surface area contributed by atoms with Gasteiger partial charge in [-0.1, -0.05) is 24.3 Å². The summed E-state index contributed by atoms with van der Waals surface area (Å²) in [5.74, 6) is -3.69. The van der Waals surface area contributed by atoms with Gasteiger partial charge in [-0.05, 0) is 24.8 Å². The minimum atomic E-state index is -4.10. The number of aliphatic imine (C=N–C) groups is 1. The number of aliphatic carboxylic acids is 1. The summed E-state index contributed by atoms with van der Waals surface area (Å²) in [4.78, 5) is 50.6. The molecule has 15 nitrogen and oxygen atoms in total. The van der Waals surface area contributed by atoms with Crippen LogP contribution in [-0.2, 0) is 35.0 Å². The van der Waals surface area contributed by atoms with Gasteiger partial charge in [0.1, 0.15) is 18.2 Å². The van der Waals surface area contributed by atoms with Crippen LogP contribution in [0.2, 0.25) is 0 Å². The molecule has 0 aliphatic carbocycles. The zero-order valence-electron chi connectivity index (χ0n) is 20.0. The Kier molecular flexibility index (Phi) is 12.7. The number of nitrogens with zero attached hydrogens (tertiary/aromatic N) is 1. The average Bonchev–Trinajstić information content (AvgIpc) is 2.81. The largest absolute Gasteiger partial charge is 0.481 e. The molecule has 204 valence electrons. The number of amidine groups is 1. The van der Waals surface area contributed by atoms with Crippen LogP contribution in [0.4, 0.5) is 0 Å². The Bertz CT molecular complexity index is 1100. The molecule has 2 unspecified atom stereocenters. The molecule has 0 fully saturated rings. The lowest BCUT2D eigenvalue weighted by molar-refractivity contribution is -0.137. The molecule has 0 spiro atoms. The molecule has 1 aromatic carbocycles. The van der Waals surface area contributed by atoms with Gasteiger partial charge in [0.15, 0.2) is 5.96 Å². The number of hydrogen-bond donors (Lipinski definition) is 8. The molecule has 2 amide bonds. The Hall–Kier alpha value is -4.05. The summed E-state index contributed by atoms with van der Waals surface area (Å²) in [6.45, 7) is -0.319. The predicted molar refractivity (Wildman–Crippen MR) is 135 cm³/mol. The molecule has 0 radical (unpaired) electrons. The van der Waals surface area contributed by atoms with E-state index in [1.807, 2.05) is 0 Å². The maximum Gasteiger partial charge on any atom is 0.303 e. The lowest BCUT2D eigenvalue weighted by Gasteiger charge is -2.18. The van der Waals surface area contributed by atoms with E-state index in [1.54, 1.807) is 0 Å². The van der Waals surface area contributed by atoms with Crippen LogP contribution in [0.1, 0.15) is 36.8 Å². The molecule has 37 heavy (non-hydrogen) atoms. The lowest BCUT2D eigenvalue weighted by Crippen LogP contribution is -2.50. The van der Waals surface area contributed by atoms with E-state index in [-0.39, 0.29) is 31.2 Å². The normalized spacial score (nSPS) is 12.5. The first-order chi connectivity index (χ1) is 17.3. The van der Waals surface area contributed by atoms with Crippen molar-refractivity contribution in [2.24, 2.45) is 22.2 Å². The first kappa shape index (κ1) is 31.0. The van der Waals surface area contributed by atoms with E-state index in [1.165, 1.54) is 24.3 Å². The molecule has 0 bridgehead atoms. The van der Waals surface area contributed by atoms with Crippen molar-refractivity contribution in [3.63, 3.8) is 0 Å². The third-order valence-electron chi connectivity index (χ3n) is 4.81. The number of carboxylic acids is 1. The molecule has 0 saturated carbocycles. The van der Waals surface area contributed by atoms with Crippen LogP contribution >= 0.6 is 0 Å². The summed E-state index contributed by atoms with van der Waals surface area (Å²) in [7, 11) is -4.10. The van der Waals surface area contributed by atoms with Crippen molar-refractivity contribution in [3.05, 3.63) is 35.4 Å². The van der Waals surface area contributed by atoms with Gasteiger partial charge in [-0.25, -0.2) is 13.1 Å². The third kappa shape index (κ3) is 13.0. The van der Waals surface area contributed by atoms with Crippen LogP contribution < -0.4 is 32.6 Å². The van der Waals surface area contributed by atoms with Gasteiger partial charge < -0.3 is 37.7 Å². The number of rotatable bonds is 17. The summed E-state index contributed by atoms with van der Waals surface area (Å²) in [5, 5.41) is 21.0. The van der Waals surface area contributed by atoms with Crippen LogP contribution in [0.25, 0.3) is 0 Å². The van der Waals surface area contributed by atoms with Crippen molar-refractivity contribution in [2.75, 3.05) is 13.1 Å². The van der Waals surface area contributed by atoms with Crippen molar-refractivity contribution >= 4 is 45.9 Å². The van der Waals surface area contributed by atoms with Crippen LogP contribution in [0.15, 0.2) is 29.3 Å². The molecule has 1 aromatic rings. The minimum Gasteiger partial charge on any atom is -0.481 e. The van der Waals surface area contributed by atoms with E-state index in [2.05, 4.69) is 20.3 Å². The molecular weight excluding hydrogens is 508 g/mol. The van der Waals surface area contributed by atoms with E-state index in [0.29, 0.717) is 23.8 Å². The molecule has 0 aromatic heterocycles. The van der Waals surface area contributed by atoms with Gasteiger partial charge in [-0.2, -0.15) is 0 Å². The number of nitrogens with one attached hydrogen (secondary N) is 4. The van der Waals surface area contributed by atoms with Crippen LogP contribution in [0.3, 0.4) is 0 Å². The number of amides is 2. The van der Waals surface area contributed by atoms with Gasteiger partial charge in [0.05, 0.1) is 18.3 Å². The quantitative estimate of drug-likeness (QED) is 0.0444. The highest BCUT2D eigenvalue weighted by molar-refractivity contribution is 7.88. The molecule has 0 saturated heterocycles. The first-order valence-corrected chi connectivity index (χ1v) is 12.7. The van der Waals surface area contributed by atoms with Gasteiger partial charge in [0.2, 0.25) is 21.8 Å². The predicted octanol–water partition coefficient (Wildman–Crippen LogP) is -2.52. The number of carbonyl (C=O) groups is 4. The summed E-state index contributed by atoms with van der Waals surface area (Å²) < 4.78 is 27.4. The number of benzene rings is 1. The highest BCUT2D eigenvalue weighted by Gasteiger charge is 2.26. The van der Waals surface area contributed by atoms with E-state index in [0.717, 1.165) is 0 Å². The van der Waals surface area contributed by atoms with Crippen LogP contribution in [0.5, 0.6) is 0 Å².